The van der Waals surface area contributed by atoms with E-state index in [1.807, 2.05) is 13.8 Å². The summed E-state index contributed by atoms with van der Waals surface area (Å²) in [5.41, 5.74) is -0.391. The largest absolute Gasteiger partial charge is 0.477 e. The Balaban J connectivity index is 2.76. The van der Waals surface area contributed by atoms with Crippen molar-refractivity contribution in [3.8, 4) is 0 Å². The van der Waals surface area contributed by atoms with E-state index in [0.29, 0.717) is 6.61 Å². The lowest BCUT2D eigenvalue weighted by atomic mass is 10.1. The third kappa shape index (κ3) is 4.33. The molecule has 1 aliphatic carbocycles. The molecule has 1 rings (SSSR count). The summed E-state index contributed by atoms with van der Waals surface area (Å²) < 4.78 is 5.02. The summed E-state index contributed by atoms with van der Waals surface area (Å²) in [4.78, 5) is 33.7. The number of carbonyl (C=O) groups is 2. The summed E-state index contributed by atoms with van der Waals surface area (Å²) in [6.07, 6.45) is 1.80. The van der Waals surface area contributed by atoms with Crippen molar-refractivity contribution in [1.82, 2.24) is 5.32 Å². The van der Waals surface area contributed by atoms with Crippen LogP contribution in [0.15, 0.2) is 17.3 Å². The van der Waals surface area contributed by atoms with E-state index in [1.54, 1.807) is 12.9 Å². The molecule has 0 spiro atoms. The summed E-state index contributed by atoms with van der Waals surface area (Å²) in [5.74, 6) is -0.233. The Bertz CT molecular complexity index is 486. The molecule has 1 fully saturated rings. The van der Waals surface area contributed by atoms with Gasteiger partial charge in [0.15, 0.2) is 0 Å². The van der Waals surface area contributed by atoms with Gasteiger partial charge in [-0.2, -0.15) is 0 Å². The number of amides is 1. The fourth-order valence-corrected chi connectivity index (χ4v) is 1.77. The maximum Gasteiger partial charge on any atom is 0.352 e. The smallest absolute Gasteiger partial charge is 0.352 e. The zero-order valence-electron chi connectivity index (χ0n) is 11.9. The first-order chi connectivity index (χ1) is 9.31. The molecule has 2 N–H and O–H groups in total. The summed E-state index contributed by atoms with van der Waals surface area (Å²) in [6.45, 7) is 5.98. The molecule has 1 amide bonds. The van der Waals surface area contributed by atoms with Crippen LogP contribution < -0.4 is 5.32 Å². The summed E-state index contributed by atoms with van der Waals surface area (Å²) in [7, 11) is 0. The van der Waals surface area contributed by atoms with Crippen LogP contribution in [0.1, 0.15) is 27.2 Å². The van der Waals surface area contributed by atoms with Gasteiger partial charge in [-0.05, 0) is 24.8 Å². The van der Waals surface area contributed by atoms with Crippen LogP contribution in [0.3, 0.4) is 0 Å². The number of carboxylic acids is 1. The number of carbonyl (C=O) groups excluding carboxylic acids is 2. The van der Waals surface area contributed by atoms with Crippen LogP contribution >= 0.6 is 0 Å². The topological polar surface area (TPSA) is 92.7 Å². The molecule has 0 aromatic carbocycles. The van der Waals surface area contributed by atoms with Crippen LogP contribution in [-0.4, -0.2) is 36.1 Å². The van der Waals surface area contributed by atoms with Crippen molar-refractivity contribution in [2.45, 2.75) is 27.2 Å². The van der Waals surface area contributed by atoms with Crippen molar-refractivity contribution in [1.29, 1.82) is 0 Å². The van der Waals surface area contributed by atoms with Crippen LogP contribution in [0, 0.1) is 11.3 Å². The summed E-state index contributed by atoms with van der Waals surface area (Å²) in [5, 5.41) is 11.4. The van der Waals surface area contributed by atoms with E-state index < -0.39 is 5.97 Å². The third-order valence-corrected chi connectivity index (χ3v) is 3.23. The molecule has 6 nitrogen and oxygen atoms in total. The molecule has 0 aromatic rings. The van der Waals surface area contributed by atoms with Crippen molar-refractivity contribution in [3.05, 3.63) is 17.3 Å². The first-order valence-electron chi connectivity index (χ1n) is 6.39. The van der Waals surface area contributed by atoms with Crippen molar-refractivity contribution in [2.24, 2.45) is 11.3 Å². The average Bonchev–Trinajstić information content (AvgIpc) is 3.02. The number of hydrogen-bond donors (Lipinski definition) is 2. The molecule has 1 unspecified atom stereocenters. The molecule has 1 aliphatic rings. The van der Waals surface area contributed by atoms with Crippen molar-refractivity contribution in [3.63, 3.8) is 0 Å². The third-order valence-electron chi connectivity index (χ3n) is 3.23. The van der Waals surface area contributed by atoms with Gasteiger partial charge >= 0.3 is 5.97 Å². The van der Waals surface area contributed by atoms with Crippen LogP contribution in [-0.2, 0) is 19.1 Å². The SMILES string of the molecule is CCOCC(=C=O)C=C(NC(=O)C1CC1(C)C)C(=O)O. The molecule has 6 heteroatoms. The summed E-state index contributed by atoms with van der Waals surface area (Å²) in [6, 6.07) is 0. The average molecular weight is 281 g/mol. The first kappa shape index (κ1) is 16.1. The Labute approximate surface area is 117 Å². The molecule has 0 radical (unpaired) electrons. The lowest BCUT2D eigenvalue weighted by Crippen LogP contribution is -2.30. The van der Waals surface area contributed by atoms with Gasteiger partial charge in [0.1, 0.15) is 11.6 Å². The minimum atomic E-state index is -1.30. The number of hydrogen-bond acceptors (Lipinski definition) is 4. The fourth-order valence-electron chi connectivity index (χ4n) is 1.77. The molecule has 0 saturated heterocycles. The number of ether oxygens (including phenoxy) is 1. The second kappa shape index (κ2) is 6.50. The highest BCUT2D eigenvalue weighted by molar-refractivity contribution is 5.95. The van der Waals surface area contributed by atoms with Gasteiger partial charge in [0.05, 0.1) is 12.2 Å². The minimum absolute atomic E-state index is 0.0401. The quantitative estimate of drug-likeness (QED) is 0.411. The van der Waals surface area contributed by atoms with Crippen LogP contribution in [0.25, 0.3) is 0 Å². The zero-order chi connectivity index (χ0) is 15.3. The highest BCUT2D eigenvalue weighted by Crippen LogP contribution is 2.51. The van der Waals surface area contributed by atoms with Crippen molar-refractivity contribution < 1.29 is 24.2 Å². The number of rotatable bonds is 7. The van der Waals surface area contributed by atoms with Gasteiger partial charge < -0.3 is 15.2 Å². The predicted octanol–water partition coefficient (Wildman–Crippen LogP) is 0.912. The van der Waals surface area contributed by atoms with E-state index >= 15 is 0 Å². The predicted molar refractivity (Wildman–Crippen MR) is 71.4 cm³/mol. The maximum absolute atomic E-state index is 11.9. The number of carboxylic acid groups (broad SMARTS) is 1. The molecule has 0 bridgehead atoms. The van der Waals surface area contributed by atoms with Crippen LogP contribution in [0.2, 0.25) is 0 Å². The molecule has 20 heavy (non-hydrogen) atoms. The van der Waals surface area contributed by atoms with Gasteiger partial charge in [0, 0.05) is 12.5 Å². The molecule has 110 valence electrons. The van der Waals surface area contributed by atoms with E-state index in [9.17, 15) is 14.4 Å². The van der Waals surface area contributed by atoms with Gasteiger partial charge in [0.25, 0.3) is 0 Å². The standard InChI is InChI=1S/C14H19NO5/c1-4-20-8-9(7-16)5-11(13(18)19)15-12(17)10-6-14(10,2)3/h5,10H,4,6,8H2,1-3H3,(H,15,17)(H,18,19). The molecule has 0 aromatic heterocycles. The highest BCUT2D eigenvalue weighted by atomic mass is 16.5. The van der Waals surface area contributed by atoms with E-state index in [-0.39, 0.29) is 35.1 Å². The maximum atomic E-state index is 11.9. The van der Waals surface area contributed by atoms with Gasteiger partial charge in [-0.3, -0.25) is 4.79 Å². The Morgan fingerprint density at radius 1 is 1.50 bits per heavy atom. The van der Waals surface area contributed by atoms with Gasteiger partial charge in [-0.1, -0.05) is 13.8 Å². The second-order valence-electron chi connectivity index (χ2n) is 5.36. The lowest BCUT2D eigenvalue weighted by Gasteiger charge is -2.07. The van der Waals surface area contributed by atoms with Crippen molar-refractivity contribution >= 4 is 17.8 Å². The van der Waals surface area contributed by atoms with Gasteiger partial charge in [0.2, 0.25) is 5.91 Å². The van der Waals surface area contributed by atoms with E-state index in [0.717, 1.165) is 12.5 Å². The van der Waals surface area contributed by atoms with E-state index in [1.165, 1.54) is 0 Å². The summed E-state index contributed by atoms with van der Waals surface area (Å²) >= 11 is 0. The second-order valence-corrected chi connectivity index (χ2v) is 5.36. The Morgan fingerprint density at radius 2 is 2.10 bits per heavy atom. The number of nitrogens with one attached hydrogen (secondary N) is 1. The zero-order valence-corrected chi connectivity index (χ0v) is 11.9. The lowest BCUT2D eigenvalue weighted by molar-refractivity contribution is -0.135. The van der Waals surface area contributed by atoms with Gasteiger partial charge in [-0.15, -0.1) is 0 Å². The molecule has 1 saturated carbocycles. The van der Waals surface area contributed by atoms with Crippen LogP contribution in [0.5, 0.6) is 0 Å². The number of aliphatic carboxylic acids is 1. The molecule has 0 aliphatic heterocycles. The monoisotopic (exact) mass is 281 g/mol. The van der Waals surface area contributed by atoms with Crippen molar-refractivity contribution in [2.75, 3.05) is 13.2 Å². The van der Waals surface area contributed by atoms with Gasteiger partial charge in [-0.25, -0.2) is 9.59 Å². The highest BCUT2D eigenvalue weighted by Gasteiger charge is 2.50. The Hall–Kier alpha value is -1.91. The molecule has 0 heterocycles. The Kier molecular flexibility index (Phi) is 5.25. The molecular formula is C14H19NO5. The first-order valence-corrected chi connectivity index (χ1v) is 6.39. The van der Waals surface area contributed by atoms with E-state index in [4.69, 9.17) is 9.84 Å². The van der Waals surface area contributed by atoms with E-state index in [2.05, 4.69) is 5.32 Å². The fraction of sp³-hybridized carbons (Fsp3) is 0.571. The Morgan fingerprint density at radius 3 is 2.50 bits per heavy atom. The van der Waals surface area contributed by atoms with Crippen LogP contribution in [0.4, 0.5) is 0 Å². The molecular weight excluding hydrogens is 262 g/mol. The normalized spacial score (nSPS) is 19.9. The molecule has 1 atom stereocenters. The minimum Gasteiger partial charge on any atom is -0.477 e.